The van der Waals surface area contributed by atoms with Crippen molar-refractivity contribution in [2.45, 2.75) is 25.3 Å². The summed E-state index contributed by atoms with van der Waals surface area (Å²) in [6, 6.07) is 9.94. The van der Waals surface area contributed by atoms with E-state index in [1.165, 1.54) is 21.7 Å². The fourth-order valence-corrected chi connectivity index (χ4v) is 4.02. The quantitative estimate of drug-likeness (QED) is 0.530. The summed E-state index contributed by atoms with van der Waals surface area (Å²) in [5, 5.41) is 0.286. The minimum absolute atomic E-state index is 0.00257. The summed E-state index contributed by atoms with van der Waals surface area (Å²) in [5.41, 5.74) is -1.02. The topological polar surface area (TPSA) is 42.3 Å². The highest BCUT2D eigenvalue weighted by Gasteiger charge is 2.33. The van der Waals surface area contributed by atoms with E-state index in [1.807, 2.05) is 0 Å². The summed E-state index contributed by atoms with van der Waals surface area (Å²) >= 11 is 5.72. The van der Waals surface area contributed by atoms with Crippen molar-refractivity contribution in [1.82, 2.24) is 9.47 Å². The molecule has 0 spiro atoms. The molecule has 1 amide bonds. The van der Waals surface area contributed by atoms with Gasteiger partial charge in [-0.2, -0.15) is 13.2 Å². The van der Waals surface area contributed by atoms with Crippen LogP contribution in [0.25, 0.3) is 21.9 Å². The third kappa shape index (κ3) is 4.17. The van der Waals surface area contributed by atoms with Crippen LogP contribution in [-0.2, 0) is 17.5 Å². The molecule has 1 unspecified atom stereocenters. The molecule has 31 heavy (non-hydrogen) atoms. The molecule has 0 aliphatic carbocycles. The number of aromatic nitrogens is 1. The number of likely N-dealkylation sites (tertiary alicyclic amines) is 1. The first kappa shape index (κ1) is 21.4. The second-order valence-corrected chi connectivity index (χ2v) is 7.84. The van der Waals surface area contributed by atoms with Crippen LogP contribution in [0.2, 0.25) is 5.02 Å². The summed E-state index contributed by atoms with van der Waals surface area (Å²) in [6.07, 6.45) is -4.00. The Morgan fingerprint density at radius 1 is 1.16 bits per heavy atom. The number of amides is 1. The summed E-state index contributed by atoms with van der Waals surface area (Å²) in [6.45, 7) is 0.0141. The second kappa shape index (κ2) is 8.00. The van der Waals surface area contributed by atoms with E-state index in [2.05, 4.69) is 0 Å². The van der Waals surface area contributed by atoms with Crippen molar-refractivity contribution in [3.05, 3.63) is 69.6 Å². The standard InChI is InChI=1S/C22H17ClF4N2O2/c23-18-5-4-14(10-17(18)22(25,26)27)16-3-1-2-13-6-8-29(21(31)20(13)16)12-19(30)28-9-7-15(24)11-28/h1-6,8,10,15H,7,9,11-12H2. The van der Waals surface area contributed by atoms with Gasteiger partial charge in [-0.05, 0) is 41.1 Å². The molecule has 1 fully saturated rings. The van der Waals surface area contributed by atoms with Crippen molar-refractivity contribution in [2.75, 3.05) is 13.1 Å². The molecule has 1 aromatic heterocycles. The van der Waals surface area contributed by atoms with Gasteiger partial charge in [0.25, 0.3) is 5.56 Å². The Bertz CT molecular complexity index is 1220. The summed E-state index contributed by atoms with van der Waals surface area (Å²) in [5.74, 6) is -0.384. The predicted octanol–water partition coefficient (Wildman–Crippen LogP) is 4.91. The first-order valence-corrected chi connectivity index (χ1v) is 9.94. The molecule has 4 rings (SSSR count). The molecule has 1 aliphatic heterocycles. The predicted molar refractivity (Wildman–Crippen MR) is 110 cm³/mol. The molecule has 0 radical (unpaired) electrons. The molecular formula is C22H17ClF4N2O2. The lowest BCUT2D eigenvalue weighted by Gasteiger charge is -2.17. The second-order valence-electron chi connectivity index (χ2n) is 7.44. The van der Waals surface area contributed by atoms with Crippen molar-refractivity contribution in [3.63, 3.8) is 0 Å². The smallest absolute Gasteiger partial charge is 0.338 e. The van der Waals surface area contributed by atoms with E-state index in [0.29, 0.717) is 17.5 Å². The van der Waals surface area contributed by atoms with E-state index in [9.17, 15) is 27.2 Å². The Balaban J connectivity index is 1.79. The lowest BCUT2D eigenvalue weighted by molar-refractivity contribution is -0.137. The number of hydrogen-bond donors (Lipinski definition) is 0. The zero-order valence-corrected chi connectivity index (χ0v) is 16.9. The number of hydrogen-bond acceptors (Lipinski definition) is 2. The fourth-order valence-electron chi connectivity index (χ4n) is 3.79. The normalized spacial score (nSPS) is 16.8. The Kier molecular flexibility index (Phi) is 5.51. The molecule has 9 heteroatoms. The number of carbonyl (C=O) groups excluding carboxylic acids is 1. The van der Waals surface area contributed by atoms with Gasteiger partial charge in [0.05, 0.1) is 22.5 Å². The molecular weight excluding hydrogens is 436 g/mol. The molecule has 0 bridgehead atoms. The molecule has 0 N–H and O–H groups in total. The van der Waals surface area contributed by atoms with E-state index in [-0.39, 0.29) is 36.4 Å². The molecule has 1 atom stereocenters. The maximum atomic E-state index is 13.4. The van der Waals surface area contributed by atoms with Gasteiger partial charge >= 0.3 is 6.18 Å². The van der Waals surface area contributed by atoms with Gasteiger partial charge < -0.3 is 9.47 Å². The summed E-state index contributed by atoms with van der Waals surface area (Å²) in [4.78, 5) is 27.0. The van der Waals surface area contributed by atoms with Gasteiger partial charge in [0.15, 0.2) is 0 Å². The number of alkyl halides is 4. The molecule has 162 valence electrons. The fraction of sp³-hybridized carbons (Fsp3) is 0.273. The molecule has 0 saturated carbocycles. The van der Waals surface area contributed by atoms with Gasteiger partial charge in [0.2, 0.25) is 5.91 Å². The maximum absolute atomic E-state index is 13.4. The summed E-state index contributed by atoms with van der Waals surface area (Å²) < 4.78 is 54.5. The van der Waals surface area contributed by atoms with Gasteiger partial charge in [0.1, 0.15) is 12.7 Å². The Morgan fingerprint density at radius 2 is 1.94 bits per heavy atom. The van der Waals surface area contributed by atoms with Crippen LogP contribution in [0.4, 0.5) is 17.6 Å². The highest BCUT2D eigenvalue weighted by Crippen LogP contribution is 2.38. The van der Waals surface area contributed by atoms with E-state index < -0.39 is 28.5 Å². The summed E-state index contributed by atoms with van der Waals surface area (Å²) in [7, 11) is 0. The number of rotatable bonds is 3. The third-order valence-electron chi connectivity index (χ3n) is 5.38. The third-order valence-corrected chi connectivity index (χ3v) is 5.71. The maximum Gasteiger partial charge on any atom is 0.417 e. The molecule has 3 aromatic rings. The van der Waals surface area contributed by atoms with Crippen LogP contribution in [0.15, 0.2) is 53.5 Å². The zero-order valence-electron chi connectivity index (χ0n) is 16.1. The van der Waals surface area contributed by atoms with Gasteiger partial charge in [-0.3, -0.25) is 9.59 Å². The van der Waals surface area contributed by atoms with Crippen LogP contribution in [0.5, 0.6) is 0 Å². The number of fused-ring (bicyclic) bond motifs is 1. The Morgan fingerprint density at radius 3 is 2.61 bits per heavy atom. The number of carbonyl (C=O) groups is 1. The Labute approximate surface area is 179 Å². The molecule has 1 saturated heterocycles. The van der Waals surface area contributed by atoms with Gasteiger partial charge in [-0.25, -0.2) is 4.39 Å². The van der Waals surface area contributed by atoms with Crippen LogP contribution in [-0.4, -0.2) is 34.6 Å². The van der Waals surface area contributed by atoms with Gasteiger partial charge in [0, 0.05) is 12.7 Å². The minimum atomic E-state index is -4.64. The van der Waals surface area contributed by atoms with Crippen molar-refractivity contribution in [3.8, 4) is 11.1 Å². The van der Waals surface area contributed by atoms with E-state index >= 15 is 0 Å². The van der Waals surface area contributed by atoms with E-state index in [1.54, 1.807) is 24.3 Å². The SMILES string of the molecule is O=C(Cn1ccc2cccc(-c3ccc(Cl)c(C(F)(F)F)c3)c2c1=O)N1CCC(F)C1. The van der Waals surface area contributed by atoms with Crippen LogP contribution in [0, 0.1) is 0 Å². The van der Waals surface area contributed by atoms with Crippen LogP contribution in [0.1, 0.15) is 12.0 Å². The number of benzene rings is 2. The highest BCUT2D eigenvalue weighted by atomic mass is 35.5. The number of halogens is 5. The minimum Gasteiger partial charge on any atom is -0.338 e. The van der Waals surface area contributed by atoms with E-state index in [4.69, 9.17) is 11.6 Å². The van der Waals surface area contributed by atoms with E-state index in [0.717, 1.165) is 12.1 Å². The molecule has 4 nitrogen and oxygen atoms in total. The van der Waals surface area contributed by atoms with Crippen LogP contribution < -0.4 is 5.56 Å². The van der Waals surface area contributed by atoms with Crippen molar-refractivity contribution in [2.24, 2.45) is 0 Å². The average molecular weight is 453 g/mol. The van der Waals surface area contributed by atoms with Gasteiger partial charge in [-0.1, -0.05) is 35.9 Å². The average Bonchev–Trinajstić information content (AvgIpc) is 3.16. The first-order chi connectivity index (χ1) is 14.6. The lowest BCUT2D eigenvalue weighted by Crippen LogP contribution is -2.35. The van der Waals surface area contributed by atoms with Crippen LogP contribution in [0.3, 0.4) is 0 Å². The number of pyridine rings is 1. The molecule has 2 aromatic carbocycles. The Hall–Kier alpha value is -2.87. The molecule has 2 heterocycles. The van der Waals surface area contributed by atoms with Crippen molar-refractivity contribution >= 4 is 28.3 Å². The number of nitrogens with zero attached hydrogens (tertiary/aromatic N) is 2. The highest BCUT2D eigenvalue weighted by molar-refractivity contribution is 6.31. The van der Waals surface area contributed by atoms with Crippen molar-refractivity contribution in [1.29, 1.82) is 0 Å². The lowest BCUT2D eigenvalue weighted by atomic mass is 9.97. The monoisotopic (exact) mass is 452 g/mol. The first-order valence-electron chi connectivity index (χ1n) is 9.56. The zero-order chi connectivity index (χ0) is 22.3. The largest absolute Gasteiger partial charge is 0.417 e. The van der Waals surface area contributed by atoms with Crippen molar-refractivity contribution < 1.29 is 22.4 Å². The van der Waals surface area contributed by atoms with Crippen LogP contribution >= 0.6 is 11.6 Å². The van der Waals surface area contributed by atoms with Gasteiger partial charge in [-0.15, -0.1) is 0 Å². The molecule has 1 aliphatic rings.